The van der Waals surface area contributed by atoms with Gasteiger partial charge in [-0.05, 0) is 61.5 Å². The molecular weight excluding hydrogens is 518 g/mol. The summed E-state index contributed by atoms with van der Waals surface area (Å²) in [6, 6.07) is 20.7. The number of nitrogens with zero attached hydrogens (tertiary/aromatic N) is 5. The largest absolute Gasteiger partial charge is 0.497 e. The van der Waals surface area contributed by atoms with Gasteiger partial charge < -0.3 is 19.3 Å². The molecule has 2 aromatic heterocycles. The van der Waals surface area contributed by atoms with Crippen molar-refractivity contribution in [3.8, 4) is 22.7 Å². The van der Waals surface area contributed by atoms with Crippen LogP contribution in [0.2, 0.25) is 5.15 Å². The zero-order valence-corrected chi connectivity index (χ0v) is 22.5. The fourth-order valence-electron chi connectivity index (χ4n) is 4.51. The highest BCUT2D eigenvalue weighted by molar-refractivity contribution is 6.29. The molecule has 2 aromatic carbocycles. The van der Waals surface area contributed by atoms with Gasteiger partial charge in [0.2, 0.25) is 0 Å². The Morgan fingerprint density at radius 2 is 1.62 bits per heavy atom. The maximum Gasteiger partial charge on any atom is 0.358 e. The Morgan fingerprint density at radius 1 is 0.923 bits per heavy atom. The third kappa shape index (κ3) is 5.73. The summed E-state index contributed by atoms with van der Waals surface area (Å²) in [6.45, 7) is 4.68. The number of carbonyl (C=O) groups excluding carboxylic acids is 2. The zero-order chi connectivity index (χ0) is 27.4. The lowest BCUT2D eigenvalue weighted by atomic mass is 10.1. The fraction of sp³-hybridized carbons (Fsp3) is 0.241. The molecule has 0 radical (unpaired) electrons. The second kappa shape index (κ2) is 11.6. The minimum Gasteiger partial charge on any atom is -0.497 e. The maximum absolute atomic E-state index is 12.8. The third-order valence-corrected chi connectivity index (χ3v) is 6.80. The van der Waals surface area contributed by atoms with E-state index in [4.69, 9.17) is 21.1 Å². The first-order valence-electron chi connectivity index (χ1n) is 12.6. The average molecular weight is 546 g/mol. The van der Waals surface area contributed by atoms with Gasteiger partial charge in [0.15, 0.2) is 5.69 Å². The number of halogens is 1. The lowest BCUT2D eigenvalue weighted by Gasteiger charge is -2.36. The molecule has 10 heteroatoms. The van der Waals surface area contributed by atoms with Crippen molar-refractivity contribution in [3.05, 3.63) is 89.3 Å². The van der Waals surface area contributed by atoms with E-state index in [-0.39, 0.29) is 18.2 Å². The van der Waals surface area contributed by atoms with Crippen molar-refractivity contribution < 1.29 is 19.1 Å². The first kappa shape index (κ1) is 26.2. The molecule has 1 fully saturated rings. The van der Waals surface area contributed by atoms with Crippen LogP contribution in [-0.2, 0) is 4.74 Å². The topological polar surface area (TPSA) is 89.8 Å². The predicted molar refractivity (Wildman–Crippen MR) is 149 cm³/mol. The second-order valence-electron chi connectivity index (χ2n) is 8.94. The Hall–Kier alpha value is -4.37. The molecule has 4 aromatic rings. The van der Waals surface area contributed by atoms with Gasteiger partial charge in [0, 0.05) is 43.6 Å². The van der Waals surface area contributed by atoms with E-state index < -0.39 is 5.97 Å². The molecular formula is C29H28ClN5O4. The maximum atomic E-state index is 12.8. The Balaban J connectivity index is 1.33. The number of hydrogen-bond donors (Lipinski definition) is 0. The molecule has 0 saturated carbocycles. The number of esters is 1. The van der Waals surface area contributed by atoms with Crippen molar-refractivity contribution in [1.29, 1.82) is 0 Å². The third-order valence-electron chi connectivity index (χ3n) is 6.58. The Labute approximate surface area is 231 Å². The molecule has 5 rings (SSSR count). The van der Waals surface area contributed by atoms with Gasteiger partial charge >= 0.3 is 5.97 Å². The van der Waals surface area contributed by atoms with Crippen molar-refractivity contribution in [1.82, 2.24) is 19.7 Å². The molecule has 1 saturated heterocycles. The molecule has 0 N–H and O–H groups in total. The Kier molecular flexibility index (Phi) is 7.79. The summed E-state index contributed by atoms with van der Waals surface area (Å²) < 4.78 is 12.2. The van der Waals surface area contributed by atoms with E-state index >= 15 is 0 Å². The summed E-state index contributed by atoms with van der Waals surface area (Å²) in [4.78, 5) is 33.4. The molecule has 0 unspecified atom stereocenters. The first-order valence-corrected chi connectivity index (χ1v) is 13.0. The second-order valence-corrected chi connectivity index (χ2v) is 9.33. The number of piperazine rings is 1. The molecule has 0 atom stereocenters. The van der Waals surface area contributed by atoms with Crippen molar-refractivity contribution in [2.75, 3.05) is 44.8 Å². The molecule has 1 aliphatic heterocycles. The number of hydrogen-bond acceptors (Lipinski definition) is 7. The van der Waals surface area contributed by atoms with E-state index in [1.165, 1.54) is 6.20 Å². The predicted octanol–water partition coefficient (Wildman–Crippen LogP) is 4.74. The van der Waals surface area contributed by atoms with Gasteiger partial charge in [-0.25, -0.2) is 14.5 Å². The van der Waals surface area contributed by atoms with Crippen LogP contribution < -0.4 is 9.64 Å². The van der Waals surface area contributed by atoms with Crippen LogP contribution >= 0.6 is 11.6 Å². The van der Waals surface area contributed by atoms with Crippen LogP contribution in [-0.4, -0.2) is 71.4 Å². The summed E-state index contributed by atoms with van der Waals surface area (Å²) in [6.07, 6.45) is 1.51. The molecule has 0 spiro atoms. The summed E-state index contributed by atoms with van der Waals surface area (Å²) in [5.41, 5.74) is 4.29. The van der Waals surface area contributed by atoms with E-state index in [1.54, 1.807) is 36.9 Å². The fourth-order valence-corrected chi connectivity index (χ4v) is 4.62. The number of rotatable bonds is 7. The smallest absolute Gasteiger partial charge is 0.358 e. The van der Waals surface area contributed by atoms with Crippen LogP contribution in [0.25, 0.3) is 16.9 Å². The van der Waals surface area contributed by atoms with E-state index in [2.05, 4.69) is 15.0 Å². The van der Waals surface area contributed by atoms with Crippen LogP contribution in [0.4, 0.5) is 5.69 Å². The number of methoxy groups -OCH3 is 1. The van der Waals surface area contributed by atoms with Crippen LogP contribution in [0.3, 0.4) is 0 Å². The van der Waals surface area contributed by atoms with Crippen LogP contribution in [0, 0.1) is 0 Å². The summed E-state index contributed by atoms with van der Waals surface area (Å²) in [7, 11) is 1.61. The van der Waals surface area contributed by atoms with Gasteiger partial charge in [0.05, 0.1) is 30.7 Å². The van der Waals surface area contributed by atoms with E-state index in [0.29, 0.717) is 36.9 Å². The van der Waals surface area contributed by atoms with Crippen LogP contribution in [0.15, 0.2) is 72.9 Å². The SMILES string of the molecule is CCOC(=O)c1cc(-c2ccc(N3CCN(C(=O)c4ccc(Cl)nc4)CC3)cc2)n(-c2ccc(OC)cc2)n1. The minimum absolute atomic E-state index is 0.0432. The molecule has 9 nitrogen and oxygen atoms in total. The Bertz CT molecular complexity index is 1440. The van der Waals surface area contributed by atoms with Crippen molar-refractivity contribution in [2.24, 2.45) is 0 Å². The van der Waals surface area contributed by atoms with Gasteiger partial charge in [0.25, 0.3) is 5.91 Å². The molecule has 3 heterocycles. The standard InChI is InChI=1S/C29H28ClN5O4/c1-3-39-29(37)25-18-26(35(32-25)23-9-11-24(38-2)12-10-23)20-4-7-22(8-5-20)33-14-16-34(17-15-33)28(36)21-6-13-27(30)31-19-21/h4-13,18-19H,3,14-17H2,1-2H3. The molecule has 200 valence electrons. The zero-order valence-electron chi connectivity index (χ0n) is 21.7. The summed E-state index contributed by atoms with van der Waals surface area (Å²) in [5.74, 6) is 0.219. The van der Waals surface area contributed by atoms with Gasteiger partial charge in [-0.1, -0.05) is 23.7 Å². The molecule has 1 aliphatic rings. The van der Waals surface area contributed by atoms with Crippen molar-refractivity contribution in [2.45, 2.75) is 6.92 Å². The quantitative estimate of drug-likeness (QED) is 0.245. The molecule has 39 heavy (non-hydrogen) atoms. The van der Waals surface area contributed by atoms with Crippen LogP contribution in [0.1, 0.15) is 27.8 Å². The van der Waals surface area contributed by atoms with Gasteiger partial charge in [-0.15, -0.1) is 0 Å². The number of carbonyl (C=O) groups is 2. The van der Waals surface area contributed by atoms with Gasteiger partial charge in [0.1, 0.15) is 10.9 Å². The van der Waals surface area contributed by atoms with E-state index in [9.17, 15) is 9.59 Å². The number of amides is 1. The lowest BCUT2D eigenvalue weighted by molar-refractivity contribution is 0.0518. The van der Waals surface area contributed by atoms with Crippen molar-refractivity contribution in [3.63, 3.8) is 0 Å². The number of ether oxygens (including phenoxy) is 2. The van der Waals surface area contributed by atoms with E-state index in [1.807, 2.05) is 53.4 Å². The highest BCUT2D eigenvalue weighted by Crippen LogP contribution is 2.28. The van der Waals surface area contributed by atoms with Crippen LogP contribution in [0.5, 0.6) is 5.75 Å². The Morgan fingerprint density at radius 3 is 2.23 bits per heavy atom. The summed E-state index contributed by atoms with van der Waals surface area (Å²) in [5, 5.41) is 4.90. The highest BCUT2D eigenvalue weighted by atomic mass is 35.5. The average Bonchev–Trinajstić information content (AvgIpc) is 3.43. The minimum atomic E-state index is -0.468. The number of aromatic nitrogens is 3. The van der Waals surface area contributed by atoms with E-state index in [0.717, 1.165) is 28.4 Å². The summed E-state index contributed by atoms with van der Waals surface area (Å²) >= 11 is 5.85. The number of benzene rings is 2. The highest BCUT2D eigenvalue weighted by Gasteiger charge is 2.23. The van der Waals surface area contributed by atoms with Gasteiger partial charge in [-0.3, -0.25) is 4.79 Å². The normalized spacial score (nSPS) is 13.3. The lowest BCUT2D eigenvalue weighted by Crippen LogP contribution is -2.48. The van der Waals surface area contributed by atoms with Crippen molar-refractivity contribution >= 4 is 29.2 Å². The number of anilines is 1. The number of pyridine rings is 1. The van der Waals surface area contributed by atoms with Gasteiger partial charge in [-0.2, -0.15) is 5.10 Å². The first-order chi connectivity index (χ1) is 19.0. The molecule has 0 bridgehead atoms. The molecule has 1 amide bonds. The molecule has 0 aliphatic carbocycles. The monoisotopic (exact) mass is 545 g/mol.